The van der Waals surface area contributed by atoms with E-state index in [4.69, 9.17) is 5.11 Å². The smallest absolute Gasteiger partial charge is 0.118 e. The Bertz CT molecular complexity index is 267. The zero-order chi connectivity index (χ0) is 10.4. The quantitative estimate of drug-likeness (QED) is 0.755. The summed E-state index contributed by atoms with van der Waals surface area (Å²) >= 11 is 0. The summed E-state index contributed by atoms with van der Waals surface area (Å²) in [5.74, 6) is 0.717. The highest BCUT2D eigenvalue weighted by atomic mass is 16.3. The third-order valence-corrected chi connectivity index (χ3v) is 2.65. The summed E-state index contributed by atoms with van der Waals surface area (Å²) in [5, 5.41) is 18.5. The molecule has 0 unspecified atom stereocenters. The number of hydrogen-bond donors (Lipinski definition) is 2. The highest BCUT2D eigenvalue weighted by Gasteiger charge is 2.06. The number of aryl methyl sites for hydroxylation is 1. The van der Waals surface area contributed by atoms with Crippen LogP contribution in [0.25, 0.3) is 0 Å². The Balaban J connectivity index is 2.49. The molecule has 14 heavy (non-hydrogen) atoms. The van der Waals surface area contributed by atoms with E-state index in [9.17, 15) is 5.11 Å². The lowest BCUT2D eigenvalue weighted by Gasteiger charge is -2.11. The van der Waals surface area contributed by atoms with Crippen molar-refractivity contribution in [2.45, 2.75) is 26.2 Å². The second-order valence-corrected chi connectivity index (χ2v) is 3.62. The third kappa shape index (κ3) is 3.04. The molecular formula is C12H18O2. The summed E-state index contributed by atoms with van der Waals surface area (Å²) in [4.78, 5) is 0. The molecule has 0 saturated carbocycles. The molecule has 1 atom stereocenters. The second kappa shape index (κ2) is 5.66. The fourth-order valence-corrected chi connectivity index (χ4v) is 1.51. The number of benzene rings is 1. The molecule has 2 N–H and O–H groups in total. The van der Waals surface area contributed by atoms with Crippen molar-refractivity contribution in [2.75, 3.05) is 6.61 Å². The molecule has 0 aliphatic rings. The van der Waals surface area contributed by atoms with Gasteiger partial charge in [-0.2, -0.15) is 0 Å². The van der Waals surface area contributed by atoms with Gasteiger partial charge in [0.2, 0.25) is 0 Å². The normalized spacial score (nSPS) is 12.7. The Labute approximate surface area is 85.2 Å². The van der Waals surface area contributed by atoms with E-state index >= 15 is 0 Å². The first-order valence-electron chi connectivity index (χ1n) is 5.15. The lowest BCUT2D eigenvalue weighted by atomic mass is 9.98. The molecule has 1 aromatic rings. The molecule has 0 heterocycles. The van der Waals surface area contributed by atoms with Crippen molar-refractivity contribution in [1.82, 2.24) is 0 Å². The average Bonchev–Trinajstić information content (AvgIpc) is 2.22. The molecule has 0 bridgehead atoms. The van der Waals surface area contributed by atoms with Gasteiger partial charge < -0.3 is 10.2 Å². The van der Waals surface area contributed by atoms with Crippen molar-refractivity contribution in [3.05, 3.63) is 29.8 Å². The molecular weight excluding hydrogens is 176 g/mol. The molecule has 0 fully saturated rings. The Morgan fingerprint density at radius 1 is 1.29 bits per heavy atom. The first kappa shape index (κ1) is 11.1. The average molecular weight is 194 g/mol. The summed E-state index contributed by atoms with van der Waals surface area (Å²) in [6, 6.07) is 7.38. The van der Waals surface area contributed by atoms with E-state index in [0.717, 1.165) is 24.8 Å². The number of hydrogen-bond acceptors (Lipinski definition) is 2. The van der Waals surface area contributed by atoms with Gasteiger partial charge in [0.05, 0.1) is 0 Å². The van der Waals surface area contributed by atoms with E-state index < -0.39 is 0 Å². The van der Waals surface area contributed by atoms with Crippen LogP contribution < -0.4 is 0 Å². The van der Waals surface area contributed by atoms with E-state index in [1.54, 1.807) is 6.07 Å². The summed E-state index contributed by atoms with van der Waals surface area (Å²) in [6.07, 6.45) is 2.76. The SMILES string of the molecule is CC[C@H](CO)CCc1ccccc1O. The van der Waals surface area contributed by atoms with E-state index in [-0.39, 0.29) is 6.61 Å². The van der Waals surface area contributed by atoms with Gasteiger partial charge in [0.25, 0.3) is 0 Å². The summed E-state index contributed by atoms with van der Waals surface area (Å²) in [6.45, 7) is 2.32. The number of aromatic hydroxyl groups is 1. The van der Waals surface area contributed by atoms with Crippen LogP contribution in [0.3, 0.4) is 0 Å². The van der Waals surface area contributed by atoms with Crippen molar-refractivity contribution < 1.29 is 10.2 Å². The predicted octanol–water partition coefficient (Wildman–Crippen LogP) is 2.34. The predicted molar refractivity (Wildman–Crippen MR) is 57.3 cm³/mol. The molecule has 0 aromatic heterocycles. The Morgan fingerprint density at radius 2 is 2.00 bits per heavy atom. The Hall–Kier alpha value is -1.02. The maximum absolute atomic E-state index is 9.51. The van der Waals surface area contributed by atoms with Crippen LogP contribution in [-0.2, 0) is 6.42 Å². The number of aliphatic hydroxyl groups is 1. The minimum absolute atomic E-state index is 0.240. The van der Waals surface area contributed by atoms with Gasteiger partial charge in [-0.1, -0.05) is 31.5 Å². The van der Waals surface area contributed by atoms with Gasteiger partial charge in [-0.25, -0.2) is 0 Å². The fraction of sp³-hybridized carbons (Fsp3) is 0.500. The maximum Gasteiger partial charge on any atom is 0.118 e. The Morgan fingerprint density at radius 3 is 2.57 bits per heavy atom. The molecule has 78 valence electrons. The molecule has 1 rings (SSSR count). The molecule has 1 aromatic carbocycles. The first-order chi connectivity index (χ1) is 6.77. The summed E-state index contributed by atoms with van der Waals surface area (Å²) < 4.78 is 0. The molecule has 0 aliphatic heterocycles. The van der Waals surface area contributed by atoms with Gasteiger partial charge in [-0.05, 0) is 30.4 Å². The van der Waals surface area contributed by atoms with Crippen LogP contribution in [0.15, 0.2) is 24.3 Å². The van der Waals surface area contributed by atoms with Crippen LogP contribution in [-0.4, -0.2) is 16.8 Å². The van der Waals surface area contributed by atoms with Crippen molar-refractivity contribution in [1.29, 1.82) is 0 Å². The van der Waals surface area contributed by atoms with Crippen LogP contribution >= 0.6 is 0 Å². The zero-order valence-electron chi connectivity index (χ0n) is 8.61. The van der Waals surface area contributed by atoms with Gasteiger partial charge in [-0.15, -0.1) is 0 Å². The minimum Gasteiger partial charge on any atom is -0.508 e. The van der Waals surface area contributed by atoms with Crippen LogP contribution in [0.1, 0.15) is 25.3 Å². The lowest BCUT2D eigenvalue weighted by molar-refractivity contribution is 0.215. The van der Waals surface area contributed by atoms with Gasteiger partial charge in [-0.3, -0.25) is 0 Å². The van der Waals surface area contributed by atoms with Crippen molar-refractivity contribution >= 4 is 0 Å². The molecule has 0 spiro atoms. The highest BCUT2D eigenvalue weighted by molar-refractivity contribution is 5.31. The van der Waals surface area contributed by atoms with Crippen LogP contribution in [0.5, 0.6) is 5.75 Å². The topological polar surface area (TPSA) is 40.5 Å². The minimum atomic E-state index is 0.240. The van der Waals surface area contributed by atoms with Gasteiger partial charge in [0, 0.05) is 6.61 Å². The molecule has 0 radical (unpaired) electrons. The molecule has 0 saturated heterocycles. The van der Waals surface area contributed by atoms with E-state index in [1.165, 1.54) is 0 Å². The number of phenols is 1. The Kier molecular flexibility index (Phi) is 4.47. The largest absolute Gasteiger partial charge is 0.508 e. The lowest BCUT2D eigenvalue weighted by Crippen LogP contribution is -2.05. The number of rotatable bonds is 5. The number of aliphatic hydroxyl groups excluding tert-OH is 1. The molecule has 2 nitrogen and oxygen atoms in total. The van der Waals surface area contributed by atoms with Crippen molar-refractivity contribution in [3.8, 4) is 5.75 Å². The fourth-order valence-electron chi connectivity index (χ4n) is 1.51. The summed E-state index contributed by atoms with van der Waals surface area (Å²) in [5.41, 5.74) is 0.972. The standard InChI is InChI=1S/C12H18O2/c1-2-10(9-13)7-8-11-5-3-4-6-12(11)14/h3-6,10,13-14H,2,7-9H2,1H3/t10-/m0/s1. The van der Waals surface area contributed by atoms with E-state index in [2.05, 4.69) is 6.92 Å². The zero-order valence-corrected chi connectivity index (χ0v) is 8.61. The van der Waals surface area contributed by atoms with Crippen LogP contribution in [0, 0.1) is 5.92 Å². The van der Waals surface area contributed by atoms with Gasteiger partial charge in [0.15, 0.2) is 0 Å². The van der Waals surface area contributed by atoms with Crippen LogP contribution in [0.2, 0.25) is 0 Å². The number of phenolic OH excluding ortho intramolecular Hbond substituents is 1. The van der Waals surface area contributed by atoms with E-state index in [0.29, 0.717) is 11.7 Å². The van der Waals surface area contributed by atoms with Crippen molar-refractivity contribution in [3.63, 3.8) is 0 Å². The molecule has 0 amide bonds. The second-order valence-electron chi connectivity index (χ2n) is 3.62. The first-order valence-corrected chi connectivity index (χ1v) is 5.15. The van der Waals surface area contributed by atoms with Gasteiger partial charge in [0.1, 0.15) is 5.75 Å². The molecule has 2 heteroatoms. The number of para-hydroxylation sites is 1. The maximum atomic E-state index is 9.51. The van der Waals surface area contributed by atoms with Crippen molar-refractivity contribution in [2.24, 2.45) is 5.92 Å². The van der Waals surface area contributed by atoms with E-state index in [1.807, 2.05) is 18.2 Å². The molecule has 0 aliphatic carbocycles. The van der Waals surface area contributed by atoms with Gasteiger partial charge >= 0.3 is 0 Å². The third-order valence-electron chi connectivity index (χ3n) is 2.65. The monoisotopic (exact) mass is 194 g/mol. The van der Waals surface area contributed by atoms with Crippen LogP contribution in [0.4, 0.5) is 0 Å². The summed E-state index contributed by atoms with van der Waals surface area (Å²) in [7, 11) is 0. The highest BCUT2D eigenvalue weighted by Crippen LogP contribution is 2.20.